The number of methoxy groups -OCH3 is 1. The maximum Gasteiger partial charge on any atom is 0.336 e. The van der Waals surface area contributed by atoms with Crippen molar-refractivity contribution in [3.63, 3.8) is 0 Å². The number of esters is 1. The fourth-order valence-electron chi connectivity index (χ4n) is 3.77. The third-order valence-electron chi connectivity index (χ3n) is 5.05. The van der Waals surface area contributed by atoms with Crippen LogP contribution in [0.4, 0.5) is 0 Å². The molecule has 5 nitrogen and oxygen atoms in total. The number of rotatable bonds is 4. The lowest BCUT2D eigenvalue weighted by Gasteiger charge is -2.31. The first-order chi connectivity index (χ1) is 12.5. The van der Waals surface area contributed by atoms with Crippen LogP contribution in [0.3, 0.4) is 0 Å². The van der Waals surface area contributed by atoms with E-state index >= 15 is 0 Å². The van der Waals surface area contributed by atoms with Crippen LogP contribution in [-0.2, 0) is 14.3 Å². The van der Waals surface area contributed by atoms with Gasteiger partial charge in [-0.1, -0.05) is 6.07 Å². The minimum Gasteiger partial charge on any atom is -0.466 e. The van der Waals surface area contributed by atoms with Gasteiger partial charge in [0.15, 0.2) is 5.78 Å². The summed E-state index contributed by atoms with van der Waals surface area (Å²) in [4.78, 5) is 30.6. The zero-order chi connectivity index (χ0) is 18.4. The van der Waals surface area contributed by atoms with E-state index in [0.29, 0.717) is 17.1 Å². The van der Waals surface area contributed by atoms with Crippen molar-refractivity contribution in [1.82, 2.24) is 10.3 Å². The summed E-state index contributed by atoms with van der Waals surface area (Å²) in [5.74, 6) is -0.508. The number of carbonyl (C=O) groups is 2. The Morgan fingerprint density at radius 2 is 2.08 bits per heavy atom. The van der Waals surface area contributed by atoms with Crippen molar-refractivity contribution >= 4 is 33.3 Å². The zero-order valence-electron chi connectivity index (χ0n) is 15.0. The molecule has 3 heterocycles. The first kappa shape index (κ1) is 17.0. The molecule has 1 fully saturated rings. The molecule has 1 N–H and O–H groups in total. The summed E-state index contributed by atoms with van der Waals surface area (Å²) in [5.41, 5.74) is 3.86. The van der Waals surface area contributed by atoms with Gasteiger partial charge in [0.2, 0.25) is 0 Å². The van der Waals surface area contributed by atoms with Crippen LogP contribution < -0.4 is 5.32 Å². The number of allylic oxidation sites excluding steroid dienone is 3. The molecule has 1 saturated carbocycles. The SMILES string of the molecule is COC(=O)C1=C(C2CC2)NC(C)=C(C(C)=O)C1c1csc2ncccc12. The van der Waals surface area contributed by atoms with E-state index in [-0.39, 0.29) is 11.8 Å². The molecule has 1 aliphatic heterocycles. The molecule has 1 atom stereocenters. The molecule has 0 saturated heterocycles. The smallest absolute Gasteiger partial charge is 0.336 e. The largest absolute Gasteiger partial charge is 0.466 e. The molecule has 0 bridgehead atoms. The number of aromatic nitrogens is 1. The summed E-state index contributed by atoms with van der Waals surface area (Å²) >= 11 is 1.53. The van der Waals surface area contributed by atoms with Crippen LogP contribution in [0.1, 0.15) is 38.2 Å². The number of hydrogen-bond donors (Lipinski definition) is 1. The summed E-state index contributed by atoms with van der Waals surface area (Å²) in [7, 11) is 1.39. The third-order valence-corrected chi connectivity index (χ3v) is 5.97. The molecule has 0 aromatic carbocycles. The molecule has 134 valence electrons. The molecule has 2 aromatic rings. The summed E-state index contributed by atoms with van der Waals surface area (Å²) in [6.07, 6.45) is 3.85. The Labute approximate surface area is 155 Å². The second-order valence-electron chi connectivity index (χ2n) is 6.79. The maximum atomic E-state index is 12.8. The first-order valence-corrected chi connectivity index (χ1v) is 9.54. The van der Waals surface area contributed by atoms with Crippen molar-refractivity contribution in [3.8, 4) is 0 Å². The van der Waals surface area contributed by atoms with Crippen molar-refractivity contribution < 1.29 is 14.3 Å². The zero-order valence-corrected chi connectivity index (χ0v) is 15.8. The van der Waals surface area contributed by atoms with Crippen LogP contribution in [-0.4, -0.2) is 23.8 Å². The monoisotopic (exact) mass is 368 g/mol. The maximum absolute atomic E-state index is 12.8. The number of nitrogens with zero attached hydrogens (tertiary/aromatic N) is 1. The number of thiophene rings is 1. The Hall–Kier alpha value is -2.47. The van der Waals surface area contributed by atoms with Crippen LogP contribution in [0.25, 0.3) is 10.2 Å². The van der Waals surface area contributed by atoms with Gasteiger partial charge in [0.05, 0.1) is 12.7 Å². The fraction of sp³-hybridized carbons (Fsp3) is 0.350. The van der Waals surface area contributed by atoms with Gasteiger partial charge >= 0.3 is 5.97 Å². The standard InChI is InChI=1S/C20H20N2O3S/c1-10-15(11(2)23)16(14-9-26-19-13(14)5-4-8-21-19)17(20(24)25-3)18(22-10)12-6-7-12/h4-5,8-9,12,16,22H,6-7H2,1-3H3. The van der Waals surface area contributed by atoms with E-state index in [1.807, 2.05) is 24.4 Å². The van der Waals surface area contributed by atoms with Gasteiger partial charge < -0.3 is 10.1 Å². The van der Waals surface area contributed by atoms with Gasteiger partial charge in [0, 0.05) is 34.5 Å². The second kappa shape index (κ2) is 6.36. The molecule has 6 heteroatoms. The van der Waals surface area contributed by atoms with Crippen molar-refractivity contribution in [2.75, 3.05) is 7.11 Å². The molecule has 1 unspecified atom stereocenters. The van der Waals surface area contributed by atoms with Gasteiger partial charge in [-0.05, 0) is 49.6 Å². The third kappa shape index (κ3) is 2.65. The number of nitrogens with one attached hydrogen (secondary N) is 1. The highest BCUT2D eigenvalue weighted by atomic mass is 32.1. The molecule has 2 aliphatic rings. The van der Waals surface area contributed by atoms with Gasteiger partial charge in [-0.15, -0.1) is 11.3 Å². The molecule has 0 amide bonds. The first-order valence-electron chi connectivity index (χ1n) is 8.66. The number of carbonyl (C=O) groups excluding carboxylic acids is 2. The molecule has 2 aromatic heterocycles. The van der Waals surface area contributed by atoms with Crippen molar-refractivity contribution in [3.05, 3.63) is 51.8 Å². The Balaban J connectivity index is 1.99. The van der Waals surface area contributed by atoms with Gasteiger partial charge in [-0.3, -0.25) is 4.79 Å². The predicted octanol–water partition coefficient (Wildman–Crippen LogP) is 3.68. The van der Waals surface area contributed by atoms with E-state index in [0.717, 1.165) is 40.0 Å². The fourth-order valence-corrected chi connectivity index (χ4v) is 4.71. The summed E-state index contributed by atoms with van der Waals surface area (Å²) < 4.78 is 5.12. The number of hydrogen-bond acceptors (Lipinski definition) is 6. The summed E-state index contributed by atoms with van der Waals surface area (Å²) in [5, 5.41) is 6.33. The molecule has 1 aliphatic carbocycles. The Morgan fingerprint density at radius 3 is 2.73 bits per heavy atom. The average molecular weight is 368 g/mol. The highest BCUT2D eigenvalue weighted by Crippen LogP contribution is 2.48. The van der Waals surface area contributed by atoms with E-state index in [4.69, 9.17) is 4.74 Å². The summed E-state index contributed by atoms with van der Waals surface area (Å²) in [6.45, 7) is 3.46. The van der Waals surface area contributed by atoms with E-state index in [1.54, 1.807) is 13.1 Å². The van der Waals surface area contributed by atoms with Crippen LogP contribution in [0.5, 0.6) is 0 Å². The molecule has 0 spiro atoms. The van der Waals surface area contributed by atoms with Crippen molar-refractivity contribution in [2.24, 2.45) is 5.92 Å². The average Bonchev–Trinajstić information content (AvgIpc) is 3.39. The molecule has 0 radical (unpaired) electrons. The van der Waals surface area contributed by atoms with E-state index in [2.05, 4.69) is 10.3 Å². The number of fused-ring (bicyclic) bond motifs is 1. The predicted molar refractivity (Wildman–Crippen MR) is 101 cm³/mol. The number of dihydropyridines is 1. The summed E-state index contributed by atoms with van der Waals surface area (Å²) in [6, 6.07) is 3.88. The Morgan fingerprint density at radius 1 is 1.31 bits per heavy atom. The Bertz CT molecular complexity index is 982. The van der Waals surface area contributed by atoms with Crippen LogP contribution in [0.15, 0.2) is 46.2 Å². The number of ketones is 1. The molecular formula is C20H20N2O3S. The topological polar surface area (TPSA) is 68.3 Å². The highest BCUT2D eigenvalue weighted by molar-refractivity contribution is 7.16. The number of Topliss-reactive ketones (excluding diaryl/α,β-unsaturated/α-hetero) is 1. The quantitative estimate of drug-likeness (QED) is 0.834. The van der Waals surface area contributed by atoms with E-state index in [1.165, 1.54) is 18.4 Å². The molecular weight excluding hydrogens is 348 g/mol. The lowest BCUT2D eigenvalue weighted by molar-refractivity contribution is -0.136. The minimum atomic E-state index is -0.422. The van der Waals surface area contributed by atoms with E-state index in [9.17, 15) is 9.59 Å². The number of ether oxygens (including phenoxy) is 1. The van der Waals surface area contributed by atoms with Crippen LogP contribution in [0, 0.1) is 5.92 Å². The number of pyridine rings is 1. The molecule has 4 rings (SSSR count). The van der Waals surface area contributed by atoms with Crippen molar-refractivity contribution in [2.45, 2.75) is 32.6 Å². The van der Waals surface area contributed by atoms with Gasteiger partial charge in [-0.25, -0.2) is 9.78 Å². The second-order valence-corrected chi connectivity index (χ2v) is 7.65. The lowest BCUT2D eigenvalue weighted by atomic mass is 9.78. The Kier molecular flexibility index (Phi) is 4.15. The normalized spacial score (nSPS) is 20.3. The molecule has 26 heavy (non-hydrogen) atoms. The van der Waals surface area contributed by atoms with Gasteiger partial charge in [0.25, 0.3) is 0 Å². The van der Waals surface area contributed by atoms with Crippen LogP contribution >= 0.6 is 11.3 Å². The van der Waals surface area contributed by atoms with Gasteiger partial charge in [-0.2, -0.15) is 0 Å². The van der Waals surface area contributed by atoms with Crippen LogP contribution in [0.2, 0.25) is 0 Å². The minimum absolute atomic E-state index is 0.0421. The van der Waals surface area contributed by atoms with Crippen molar-refractivity contribution in [1.29, 1.82) is 0 Å². The highest BCUT2D eigenvalue weighted by Gasteiger charge is 2.42. The van der Waals surface area contributed by atoms with Gasteiger partial charge in [0.1, 0.15) is 4.83 Å². The lowest BCUT2D eigenvalue weighted by Crippen LogP contribution is -2.32. The van der Waals surface area contributed by atoms with E-state index < -0.39 is 5.92 Å².